The first-order chi connectivity index (χ1) is 12.2. The van der Waals surface area contributed by atoms with Crippen molar-refractivity contribution in [3.63, 3.8) is 0 Å². The Morgan fingerprint density at radius 1 is 1.08 bits per heavy atom. The molecule has 0 radical (unpaired) electrons. The number of aliphatic hydroxyl groups is 1. The van der Waals surface area contributed by atoms with Crippen molar-refractivity contribution in [1.29, 1.82) is 0 Å². The minimum absolute atomic E-state index is 0.128. The van der Waals surface area contributed by atoms with Crippen LogP contribution in [-0.4, -0.2) is 23.8 Å². The number of hydrogen-bond donors (Lipinski definition) is 3. The first kappa shape index (κ1) is 17.4. The molecule has 2 aromatic rings. The molecule has 1 saturated carbocycles. The van der Waals surface area contributed by atoms with E-state index in [1.165, 1.54) is 12.1 Å². The molecule has 0 bridgehead atoms. The predicted octanol–water partition coefficient (Wildman–Crippen LogP) is 3.18. The maximum Gasteiger partial charge on any atom is 0.315 e. The zero-order valence-electron chi connectivity index (χ0n) is 14.0. The van der Waals surface area contributed by atoms with E-state index in [0.29, 0.717) is 12.3 Å². The molecule has 3 N–H and O–H groups in total. The van der Waals surface area contributed by atoms with Crippen LogP contribution in [0.3, 0.4) is 0 Å². The molecular formula is C20H23FN2O2. The van der Waals surface area contributed by atoms with Crippen LogP contribution in [0.25, 0.3) is 0 Å². The Bertz CT molecular complexity index is 687. The van der Waals surface area contributed by atoms with Gasteiger partial charge in [0.05, 0.1) is 18.7 Å². The van der Waals surface area contributed by atoms with Gasteiger partial charge >= 0.3 is 6.03 Å². The van der Waals surface area contributed by atoms with Crippen molar-refractivity contribution in [1.82, 2.24) is 10.6 Å². The van der Waals surface area contributed by atoms with Gasteiger partial charge in [-0.1, -0.05) is 42.5 Å². The predicted molar refractivity (Wildman–Crippen MR) is 94.6 cm³/mol. The Kier molecular flexibility index (Phi) is 5.66. The number of amides is 2. The average molecular weight is 342 g/mol. The van der Waals surface area contributed by atoms with Crippen molar-refractivity contribution in [3.05, 3.63) is 71.5 Å². The molecule has 0 heterocycles. The topological polar surface area (TPSA) is 61.4 Å². The summed E-state index contributed by atoms with van der Waals surface area (Å²) in [5, 5.41) is 15.4. The number of carbonyl (C=O) groups excluding carboxylic acids is 1. The van der Waals surface area contributed by atoms with E-state index in [9.17, 15) is 14.3 Å². The Morgan fingerprint density at radius 3 is 2.36 bits per heavy atom. The SMILES string of the molecule is O=C(NC(CO)Cc1ccccc1)NC(c1ccc(F)cc1)C1CC1. The van der Waals surface area contributed by atoms with E-state index < -0.39 is 0 Å². The van der Waals surface area contributed by atoms with Crippen LogP contribution in [0.4, 0.5) is 9.18 Å². The molecule has 25 heavy (non-hydrogen) atoms. The minimum atomic E-state index is -0.351. The fourth-order valence-electron chi connectivity index (χ4n) is 3.00. The molecule has 2 unspecified atom stereocenters. The molecule has 2 amide bonds. The molecule has 4 nitrogen and oxygen atoms in total. The Hall–Kier alpha value is -2.40. The highest BCUT2D eigenvalue weighted by Crippen LogP contribution is 2.40. The smallest absolute Gasteiger partial charge is 0.315 e. The average Bonchev–Trinajstić information content (AvgIpc) is 3.46. The lowest BCUT2D eigenvalue weighted by atomic mass is 10.0. The van der Waals surface area contributed by atoms with Crippen LogP contribution >= 0.6 is 0 Å². The second kappa shape index (κ2) is 8.12. The Labute approximate surface area is 147 Å². The normalized spacial score (nSPS) is 16.1. The monoisotopic (exact) mass is 342 g/mol. The molecule has 5 heteroatoms. The molecule has 0 aromatic heterocycles. The number of rotatable bonds is 7. The molecule has 2 atom stereocenters. The van der Waals surface area contributed by atoms with Crippen molar-refractivity contribution in [2.45, 2.75) is 31.3 Å². The number of nitrogens with one attached hydrogen (secondary N) is 2. The highest BCUT2D eigenvalue weighted by molar-refractivity contribution is 5.75. The van der Waals surface area contributed by atoms with Gasteiger partial charge in [0, 0.05) is 0 Å². The fraction of sp³-hybridized carbons (Fsp3) is 0.350. The maximum atomic E-state index is 13.1. The van der Waals surface area contributed by atoms with Crippen molar-refractivity contribution in [2.24, 2.45) is 5.92 Å². The van der Waals surface area contributed by atoms with E-state index in [2.05, 4.69) is 10.6 Å². The lowest BCUT2D eigenvalue weighted by Crippen LogP contribution is -2.46. The van der Waals surface area contributed by atoms with Gasteiger partial charge in [-0.05, 0) is 48.4 Å². The summed E-state index contributed by atoms with van der Waals surface area (Å²) >= 11 is 0. The molecule has 1 aliphatic rings. The molecule has 1 fully saturated rings. The Balaban J connectivity index is 1.60. The highest BCUT2D eigenvalue weighted by atomic mass is 19.1. The second-order valence-corrected chi connectivity index (χ2v) is 6.55. The van der Waals surface area contributed by atoms with E-state index in [4.69, 9.17) is 0 Å². The van der Waals surface area contributed by atoms with Gasteiger partial charge in [0.2, 0.25) is 0 Å². The minimum Gasteiger partial charge on any atom is -0.394 e. The molecule has 1 aliphatic carbocycles. The van der Waals surface area contributed by atoms with Crippen LogP contribution in [0, 0.1) is 11.7 Å². The van der Waals surface area contributed by atoms with Crippen LogP contribution in [-0.2, 0) is 6.42 Å². The number of hydrogen-bond acceptors (Lipinski definition) is 2. The molecule has 3 rings (SSSR count). The van der Waals surface area contributed by atoms with Crippen LogP contribution in [0.5, 0.6) is 0 Å². The molecular weight excluding hydrogens is 319 g/mol. The van der Waals surface area contributed by atoms with Gasteiger partial charge in [-0.25, -0.2) is 9.18 Å². The summed E-state index contributed by atoms with van der Waals surface area (Å²) in [6.45, 7) is -0.132. The zero-order valence-corrected chi connectivity index (χ0v) is 14.0. The molecule has 0 saturated heterocycles. The quantitative estimate of drug-likeness (QED) is 0.724. The summed E-state index contributed by atoms with van der Waals surface area (Å²) in [6, 6.07) is 15.2. The first-order valence-electron chi connectivity index (χ1n) is 8.63. The molecule has 0 spiro atoms. The van der Waals surface area contributed by atoms with Crippen molar-refractivity contribution in [2.75, 3.05) is 6.61 Å². The Morgan fingerprint density at radius 2 is 1.76 bits per heavy atom. The third kappa shape index (κ3) is 5.03. The van der Waals surface area contributed by atoms with E-state index in [1.807, 2.05) is 30.3 Å². The van der Waals surface area contributed by atoms with Crippen molar-refractivity contribution < 1.29 is 14.3 Å². The fourth-order valence-corrected chi connectivity index (χ4v) is 3.00. The van der Waals surface area contributed by atoms with Gasteiger partial charge in [0.15, 0.2) is 0 Å². The van der Waals surface area contributed by atoms with E-state index in [-0.39, 0.29) is 30.5 Å². The maximum absolute atomic E-state index is 13.1. The van der Waals surface area contributed by atoms with Crippen LogP contribution in [0.1, 0.15) is 30.0 Å². The van der Waals surface area contributed by atoms with Crippen molar-refractivity contribution >= 4 is 6.03 Å². The summed E-state index contributed by atoms with van der Waals surface area (Å²) in [7, 11) is 0. The second-order valence-electron chi connectivity index (χ2n) is 6.55. The zero-order chi connectivity index (χ0) is 17.6. The summed E-state index contributed by atoms with van der Waals surface area (Å²) in [6.07, 6.45) is 2.67. The standard InChI is InChI=1S/C20H23FN2O2/c21-17-10-8-16(9-11-17)19(15-6-7-15)23-20(25)22-18(13-24)12-14-4-2-1-3-5-14/h1-5,8-11,15,18-19,24H,6-7,12-13H2,(H2,22,23,25). The van der Waals surface area contributed by atoms with E-state index in [1.54, 1.807) is 12.1 Å². The van der Waals surface area contributed by atoms with Crippen LogP contribution < -0.4 is 10.6 Å². The van der Waals surface area contributed by atoms with Gasteiger partial charge in [0.1, 0.15) is 5.82 Å². The third-order valence-corrected chi connectivity index (χ3v) is 4.49. The van der Waals surface area contributed by atoms with Crippen LogP contribution in [0.15, 0.2) is 54.6 Å². The number of halogens is 1. The van der Waals surface area contributed by atoms with Gasteiger partial charge in [-0.3, -0.25) is 0 Å². The third-order valence-electron chi connectivity index (χ3n) is 4.49. The summed E-state index contributed by atoms with van der Waals surface area (Å²) < 4.78 is 13.1. The van der Waals surface area contributed by atoms with Gasteiger partial charge < -0.3 is 15.7 Å². The van der Waals surface area contributed by atoms with Gasteiger partial charge in [-0.2, -0.15) is 0 Å². The summed E-state index contributed by atoms with van der Waals surface area (Å²) in [4.78, 5) is 12.4. The van der Waals surface area contributed by atoms with E-state index >= 15 is 0 Å². The number of carbonyl (C=O) groups is 1. The lowest BCUT2D eigenvalue weighted by Gasteiger charge is -2.22. The van der Waals surface area contributed by atoms with Gasteiger partial charge in [0.25, 0.3) is 0 Å². The van der Waals surface area contributed by atoms with Gasteiger partial charge in [-0.15, -0.1) is 0 Å². The number of urea groups is 1. The summed E-state index contributed by atoms with van der Waals surface area (Å²) in [5.41, 5.74) is 1.96. The van der Waals surface area contributed by atoms with E-state index in [0.717, 1.165) is 24.0 Å². The lowest BCUT2D eigenvalue weighted by molar-refractivity contribution is 0.212. The highest BCUT2D eigenvalue weighted by Gasteiger charge is 2.33. The first-order valence-corrected chi connectivity index (χ1v) is 8.63. The van der Waals surface area contributed by atoms with Crippen LogP contribution in [0.2, 0.25) is 0 Å². The number of benzene rings is 2. The number of aliphatic hydroxyl groups excluding tert-OH is 1. The largest absolute Gasteiger partial charge is 0.394 e. The summed E-state index contributed by atoms with van der Waals surface area (Å²) in [5.74, 6) is 0.101. The van der Waals surface area contributed by atoms with Crippen molar-refractivity contribution in [3.8, 4) is 0 Å². The molecule has 0 aliphatic heterocycles. The molecule has 2 aromatic carbocycles. The molecule has 132 valence electrons.